The van der Waals surface area contributed by atoms with Crippen LogP contribution >= 0.6 is 0 Å². The van der Waals surface area contributed by atoms with E-state index < -0.39 is 0 Å². The molecule has 7 nitrogen and oxygen atoms in total. The molecule has 0 aliphatic heterocycles. The number of amides is 2. The first-order chi connectivity index (χ1) is 11.9. The maximum Gasteiger partial charge on any atom is 0.324 e. The maximum atomic E-state index is 12.2. The molecule has 1 aromatic carbocycles. The summed E-state index contributed by atoms with van der Waals surface area (Å²) in [5, 5.41) is 9.94. The van der Waals surface area contributed by atoms with E-state index in [1.165, 1.54) is 6.33 Å². The van der Waals surface area contributed by atoms with Gasteiger partial charge in [-0.1, -0.05) is 17.7 Å². The Hall–Kier alpha value is -3.22. The first-order valence-corrected chi connectivity index (χ1v) is 7.93. The lowest BCUT2D eigenvalue weighted by atomic mass is 10.1. The van der Waals surface area contributed by atoms with Gasteiger partial charge in [0.2, 0.25) is 0 Å². The first-order valence-electron chi connectivity index (χ1n) is 7.93. The molecule has 2 N–H and O–H groups in total. The van der Waals surface area contributed by atoms with E-state index in [9.17, 15) is 4.79 Å². The van der Waals surface area contributed by atoms with Crippen molar-refractivity contribution in [3.8, 4) is 5.82 Å². The molecular weight excluding hydrogens is 316 g/mol. The van der Waals surface area contributed by atoms with E-state index >= 15 is 0 Å². The van der Waals surface area contributed by atoms with Crippen LogP contribution in [0.4, 0.5) is 16.3 Å². The number of nitrogens with zero attached hydrogens (tertiary/aromatic N) is 4. The van der Waals surface area contributed by atoms with Crippen LogP contribution in [0.5, 0.6) is 0 Å². The van der Waals surface area contributed by atoms with Crippen molar-refractivity contribution in [3.05, 3.63) is 59.2 Å². The molecule has 3 aromatic rings. The third-order valence-electron chi connectivity index (χ3n) is 3.75. The number of hydrogen-bond donors (Lipinski definition) is 2. The average molecular weight is 336 g/mol. The van der Waals surface area contributed by atoms with Gasteiger partial charge in [0, 0.05) is 17.4 Å². The van der Waals surface area contributed by atoms with Crippen molar-refractivity contribution < 1.29 is 4.79 Å². The van der Waals surface area contributed by atoms with Crippen molar-refractivity contribution in [2.75, 3.05) is 10.6 Å². The predicted octanol–water partition coefficient (Wildman–Crippen LogP) is 3.54. The van der Waals surface area contributed by atoms with Gasteiger partial charge in [-0.25, -0.2) is 19.4 Å². The Morgan fingerprint density at radius 2 is 1.80 bits per heavy atom. The van der Waals surface area contributed by atoms with E-state index in [2.05, 4.69) is 25.7 Å². The zero-order valence-electron chi connectivity index (χ0n) is 14.7. The third-order valence-corrected chi connectivity index (χ3v) is 3.75. The van der Waals surface area contributed by atoms with Crippen LogP contribution in [0.3, 0.4) is 0 Å². The Labute approximate surface area is 146 Å². The monoisotopic (exact) mass is 336 g/mol. The summed E-state index contributed by atoms with van der Waals surface area (Å²) in [7, 11) is 0. The quantitative estimate of drug-likeness (QED) is 0.766. The number of rotatable bonds is 3. The summed E-state index contributed by atoms with van der Waals surface area (Å²) >= 11 is 0. The fraction of sp³-hybridized carbons (Fsp3) is 0.222. The van der Waals surface area contributed by atoms with E-state index in [1.54, 1.807) is 10.7 Å². The fourth-order valence-electron chi connectivity index (χ4n) is 2.62. The molecule has 0 aliphatic carbocycles. The Balaban J connectivity index is 1.75. The van der Waals surface area contributed by atoms with Crippen LogP contribution < -0.4 is 10.6 Å². The minimum atomic E-state index is -0.357. The second-order valence-electron chi connectivity index (χ2n) is 6.00. The molecule has 0 fully saturated rings. The number of aryl methyl sites for hydroxylation is 4. The zero-order valence-corrected chi connectivity index (χ0v) is 14.7. The normalized spacial score (nSPS) is 10.6. The van der Waals surface area contributed by atoms with E-state index in [1.807, 2.05) is 52.0 Å². The van der Waals surface area contributed by atoms with Crippen LogP contribution in [-0.4, -0.2) is 25.8 Å². The summed E-state index contributed by atoms with van der Waals surface area (Å²) in [4.78, 5) is 20.5. The van der Waals surface area contributed by atoms with Crippen molar-refractivity contribution in [1.82, 2.24) is 19.7 Å². The van der Waals surface area contributed by atoms with Crippen molar-refractivity contribution in [2.45, 2.75) is 27.7 Å². The molecule has 0 radical (unpaired) electrons. The van der Waals surface area contributed by atoms with Gasteiger partial charge in [-0.05, 0) is 45.4 Å². The van der Waals surface area contributed by atoms with Gasteiger partial charge in [0.25, 0.3) is 0 Å². The number of aromatic nitrogens is 4. The number of benzene rings is 1. The zero-order chi connectivity index (χ0) is 18.0. The summed E-state index contributed by atoms with van der Waals surface area (Å²) in [6.07, 6.45) is 1.40. The van der Waals surface area contributed by atoms with Gasteiger partial charge >= 0.3 is 6.03 Å². The van der Waals surface area contributed by atoms with Gasteiger partial charge in [-0.3, -0.25) is 5.32 Å². The lowest BCUT2D eigenvalue weighted by molar-refractivity contribution is 0.262. The lowest BCUT2D eigenvalue weighted by Gasteiger charge is -2.10. The van der Waals surface area contributed by atoms with Gasteiger partial charge in [0.15, 0.2) is 5.82 Å². The standard InChI is InChI=1S/C18H20N6O/c1-11-5-6-15(12(2)7-11)21-18(25)22-16-9-17(20-10-19-16)24-14(4)8-13(3)23-24/h5-10H,1-4H3,(H2,19,20,21,22,25). The Morgan fingerprint density at radius 3 is 2.48 bits per heavy atom. The molecule has 2 amide bonds. The molecule has 2 aromatic heterocycles. The average Bonchev–Trinajstić information content (AvgIpc) is 2.89. The SMILES string of the molecule is Cc1ccc(NC(=O)Nc2cc(-n3nc(C)cc3C)ncn2)c(C)c1. The molecule has 0 saturated carbocycles. The van der Waals surface area contributed by atoms with Gasteiger partial charge in [-0.2, -0.15) is 5.10 Å². The van der Waals surface area contributed by atoms with Crippen LogP contribution in [0.15, 0.2) is 36.7 Å². The molecule has 3 rings (SSSR count). The summed E-state index contributed by atoms with van der Waals surface area (Å²) in [5.74, 6) is 1.00. The molecule has 0 unspecified atom stereocenters. The van der Waals surface area contributed by atoms with E-state index in [-0.39, 0.29) is 6.03 Å². The van der Waals surface area contributed by atoms with E-state index in [0.29, 0.717) is 11.6 Å². The fourth-order valence-corrected chi connectivity index (χ4v) is 2.62. The Bertz CT molecular complexity index is 931. The first kappa shape index (κ1) is 16.6. The van der Waals surface area contributed by atoms with Crippen LogP contribution in [0.1, 0.15) is 22.5 Å². The number of anilines is 2. The number of carbonyl (C=O) groups is 1. The molecule has 0 bridgehead atoms. The van der Waals surface area contributed by atoms with Crippen LogP contribution in [0.2, 0.25) is 0 Å². The van der Waals surface area contributed by atoms with Gasteiger partial charge < -0.3 is 5.32 Å². The van der Waals surface area contributed by atoms with Crippen LogP contribution in [0, 0.1) is 27.7 Å². The molecule has 0 spiro atoms. The molecule has 0 aliphatic rings. The molecular formula is C18H20N6O. The van der Waals surface area contributed by atoms with Crippen molar-refractivity contribution in [3.63, 3.8) is 0 Å². The summed E-state index contributed by atoms with van der Waals surface area (Å²) < 4.78 is 1.71. The molecule has 25 heavy (non-hydrogen) atoms. The highest BCUT2D eigenvalue weighted by Gasteiger charge is 2.09. The van der Waals surface area contributed by atoms with Crippen molar-refractivity contribution >= 4 is 17.5 Å². The Morgan fingerprint density at radius 1 is 1.00 bits per heavy atom. The number of hydrogen-bond acceptors (Lipinski definition) is 4. The van der Waals surface area contributed by atoms with E-state index in [0.717, 1.165) is 28.2 Å². The summed E-state index contributed by atoms with van der Waals surface area (Å²) in [5.41, 5.74) is 4.77. The second-order valence-corrected chi connectivity index (χ2v) is 6.00. The summed E-state index contributed by atoms with van der Waals surface area (Å²) in [6, 6.07) is 9.13. The van der Waals surface area contributed by atoms with Crippen molar-refractivity contribution in [2.24, 2.45) is 0 Å². The van der Waals surface area contributed by atoms with Gasteiger partial charge in [-0.15, -0.1) is 0 Å². The third kappa shape index (κ3) is 3.82. The van der Waals surface area contributed by atoms with Crippen molar-refractivity contribution in [1.29, 1.82) is 0 Å². The topological polar surface area (TPSA) is 84.7 Å². The predicted molar refractivity (Wildman–Crippen MR) is 97.2 cm³/mol. The number of carbonyl (C=O) groups excluding carboxylic acids is 1. The largest absolute Gasteiger partial charge is 0.324 e. The highest BCUT2D eigenvalue weighted by molar-refractivity contribution is 5.99. The number of urea groups is 1. The molecule has 0 atom stereocenters. The minimum absolute atomic E-state index is 0.357. The molecule has 128 valence electrons. The van der Waals surface area contributed by atoms with Gasteiger partial charge in [0.05, 0.1) is 5.69 Å². The Kier molecular flexibility index (Phi) is 4.47. The summed E-state index contributed by atoms with van der Waals surface area (Å²) in [6.45, 7) is 7.83. The number of nitrogens with one attached hydrogen (secondary N) is 2. The second kappa shape index (κ2) is 6.72. The highest BCUT2D eigenvalue weighted by Crippen LogP contribution is 2.17. The molecule has 2 heterocycles. The van der Waals surface area contributed by atoms with Gasteiger partial charge in [0.1, 0.15) is 12.1 Å². The maximum absolute atomic E-state index is 12.2. The van der Waals surface area contributed by atoms with Crippen LogP contribution in [-0.2, 0) is 0 Å². The minimum Gasteiger partial charge on any atom is -0.307 e. The molecule has 0 saturated heterocycles. The van der Waals surface area contributed by atoms with Crippen LogP contribution in [0.25, 0.3) is 5.82 Å². The van der Waals surface area contributed by atoms with E-state index in [4.69, 9.17) is 0 Å². The molecule has 7 heteroatoms. The highest BCUT2D eigenvalue weighted by atomic mass is 16.2. The lowest BCUT2D eigenvalue weighted by Crippen LogP contribution is -2.21. The smallest absolute Gasteiger partial charge is 0.307 e.